The summed E-state index contributed by atoms with van der Waals surface area (Å²) in [5.74, 6) is -0.293. The first kappa shape index (κ1) is 12.9. The van der Waals surface area contributed by atoms with E-state index in [9.17, 15) is 4.79 Å². The van der Waals surface area contributed by atoms with Gasteiger partial charge in [0, 0.05) is 6.54 Å². The van der Waals surface area contributed by atoms with Gasteiger partial charge in [-0.25, -0.2) is 0 Å². The van der Waals surface area contributed by atoms with Crippen LogP contribution in [0.5, 0.6) is 0 Å². The van der Waals surface area contributed by atoms with E-state index in [2.05, 4.69) is 23.5 Å². The molecule has 1 aliphatic heterocycles. The molecule has 0 aliphatic carbocycles. The lowest BCUT2D eigenvalue weighted by molar-refractivity contribution is -0.124. The van der Waals surface area contributed by atoms with Gasteiger partial charge >= 0.3 is 0 Å². The van der Waals surface area contributed by atoms with Crippen molar-refractivity contribution in [2.45, 2.75) is 24.9 Å². The number of carbonyl (C=O) groups excluding carboxylic acids is 1. The second kappa shape index (κ2) is 5.10. The molecule has 3 rings (SSSR count). The monoisotopic (exact) mass is 266 g/mol. The minimum atomic E-state index is -0.730. The van der Waals surface area contributed by atoms with Gasteiger partial charge in [0.2, 0.25) is 5.91 Å². The van der Waals surface area contributed by atoms with E-state index >= 15 is 0 Å². The van der Waals surface area contributed by atoms with Crippen molar-refractivity contribution in [2.75, 3.05) is 0 Å². The molecule has 0 bridgehead atoms. The number of hydrogen-bond donors (Lipinski definition) is 2. The predicted molar refractivity (Wildman–Crippen MR) is 78.9 cm³/mol. The molecule has 0 spiro atoms. The molecule has 1 aliphatic rings. The average Bonchev–Trinajstić information content (AvgIpc) is 2.87. The lowest BCUT2D eigenvalue weighted by Crippen LogP contribution is -2.49. The third-order valence-electron chi connectivity index (χ3n) is 4.11. The fraction of sp³-hybridized carbons (Fsp3) is 0.235. The summed E-state index contributed by atoms with van der Waals surface area (Å²) >= 11 is 0. The molecule has 3 heteroatoms. The van der Waals surface area contributed by atoms with Gasteiger partial charge in [0.1, 0.15) is 5.54 Å². The Labute approximate surface area is 118 Å². The van der Waals surface area contributed by atoms with Crippen LogP contribution in [0.15, 0.2) is 54.6 Å². The van der Waals surface area contributed by atoms with E-state index in [4.69, 9.17) is 5.73 Å². The van der Waals surface area contributed by atoms with Gasteiger partial charge in [-0.05, 0) is 29.5 Å². The number of aryl methyl sites for hydroxylation is 1. The van der Waals surface area contributed by atoms with Crippen LogP contribution in [0.3, 0.4) is 0 Å². The molecule has 2 aromatic rings. The number of carbonyl (C=O) groups is 1. The fourth-order valence-electron chi connectivity index (χ4n) is 2.97. The van der Waals surface area contributed by atoms with E-state index in [0.717, 1.165) is 12.0 Å². The second-order valence-corrected chi connectivity index (χ2v) is 5.27. The van der Waals surface area contributed by atoms with Crippen LogP contribution in [0.4, 0.5) is 0 Å². The molecule has 1 atom stereocenters. The first-order valence-corrected chi connectivity index (χ1v) is 6.90. The van der Waals surface area contributed by atoms with Gasteiger partial charge in [0.05, 0.1) is 0 Å². The van der Waals surface area contributed by atoms with Gasteiger partial charge in [-0.1, -0.05) is 54.6 Å². The molecule has 0 aromatic heterocycles. The largest absolute Gasteiger partial charge is 0.368 e. The predicted octanol–water partition coefficient (Wildman–Crippen LogP) is 2.10. The number of hydrogen-bond acceptors (Lipinski definition) is 2. The number of fused-ring (bicyclic) bond motifs is 1. The molecular weight excluding hydrogens is 248 g/mol. The Morgan fingerprint density at radius 3 is 2.55 bits per heavy atom. The summed E-state index contributed by atoms with van der Waals surface area (Å²) in [7, 11) is 0. The zero-order chi connectivity index (χ0) is 14.0. The molecule has 20 heavy (non-hydrogen) atoms. The van der Waals surface area contributed by atoms with Crippen molar-refractivity contribution >= 4 is 5.91 Å². The van der Waals surface area contributed by atoms with Crippen LogP contribution in [-0.4, -0.2) is 5.91 Å². The highest BCUT2D eigenvalue weighted by molar-refractivity contribution is 5.87. The molecule has 1 heterocycles. The Kier molecular flexibility index (Phi) is 3.28. The van der Waals surface area contributed by atoms with Crippen molar-refractivity contribution < 1.29 is 4.79 Å². The summed E-state index contributed by atoms with van der Waals surface area (Å²) in [5, 5.41) is 3.33. The van der Waals surface area contributed by atoms with Gasteiger partial charge in [-0.2, -0.15) is 0 Å². The number of nitrogens with two attached hydrogens (primary N) is 1. The molecule has 1 unspecified atom stereocenters. The maximum Gasteiger partial charge on any atom is 0.242 e. The summed E-state index contributed by atoms with van der Waals surface area (Å²) in [6.45, 7) is 0.702. The van der Waals surface area contributed by atoms with Gasteiger partial charge in [-0.3, -0.25) is 10.1 Å². The number of primary amides is 1. The smallest absolute Gasteiger partial charge is 0.242 e. The summed E-state index contributed by atoms with van der Waals surface area (Å²) < 4.78 is 0. The van der Waals surface area contributed by atoms with Crippen molar-refractivity contribution in [1.82, 2.24) is 5.32 Å². The van der Waals surface area contributed by atoms with Gasteiger partial charge in [-0.15, -0.1) is 0 Å². The first-order chi connectivity index (χ1) is 9.72. The van der Waals surface area contributed by atoms with E-state index in [1.165, 1.54) is 11.1 Å². The van der Waals surface area contributed by atoms with Gasteiger partial charge in [0.15, 0.2) is 0 Å². The van der Waals surface area contributed by atoms with E-state index in [0.29, 0.717) is 13.0 Å². The van der Waals surface area contributed by atoms with Gasteiger partial charge in [0.25, 0.3) is 0 Å². The standard InChI is InChI=1S/C17H18N2O/c18-16(20)17(11-10-13-6-2-1-3-7-13)15-9-5-4-8-14(15)12-19-17/h1-9,19H,10-12H2,(H2,18,20). The van der Waals surface area contributed by atoms with E-state index < -0.39 is 5.54 Å². The van der Waals surface area contributed by atoms with E-state index in [1.807, 2.05) is 36.4 Å². The number of benzene rings is 2. The Hall–Kier alpha value is -2.13. The van der Waals surface area contributed by atoms with Crippen LogP contribution in [0.1, 0.15) is 23.1 Å². The van der Waals surface area contributed by atoms with E-state index in [-0.39, 0.29) is 5.91 Å². The number of rotatable bonds is 4. The van der Waals surface area contributed by atoms with Crippen LogP contribution >= 0.6 is 0 Å². The maximum absolute atomic E-state index is 12.1. The Morgan fingerprint density at radius 2 is 1.80 bits per heavy atom. The highest BCUT2D eigenvalue weighted by Crippen LogP contribution is 2.34. The van der Waals surface area contributed by atoms with Crippen LogP contribution in [0.25, 0.3) is 0 Å². The average molecular weight is 266 g/mol. The summed E-state index contributed by atoms with van der Waals surface area (Å²) in [6.07, 6.45) is 1.51. The summed E-state index contributed by atoms with van der Waals surface area (Å²) in [4.78, 5) is 12.1. The van der Waals surface area contributed by atoms with Crippen molar-refractivity contribution in [2.24, 2.45) is 5.73 Å². The number of nitrogens with one attached hydrogen (secondary N) is 1. The summed E-state index contributed by atoms with van der Waals surface area (Å²) in [5.41, 5.74) is 8.40. The topological polar surface area (TPSA) is 55.1 Å². The van der Waals surface area contributed by atoms with Crippen LogP contribution in [0, 0.1) is 0 Å². The lowest BCUT2D eigenvalue weighted by Gasteiger charge is -2.27. The Balaban J connectivity index is 1.89. The lowest BCUT2D eigenvalue weighted by atomic mass is 9.84. The molecule has 2 aromatic carbocycles. The molecule has 0 saturated heterocycles. The van der Waals surface area contributed by atoms with Crippen molar-refractivity contribution in [3.63, 3.8) is 0 Å². The highest BCUT2D eigenvalue weighted by atomic mass is 16.1. The van der Waals surface area contributed by atoms with Gasteiger partial charge < -0.3 is 5.73 Å². The van der Waals surface area contributed by atoms with Crippen molar-refractivity contribution in [3.05, 3.63) is 71.3 Å². The molecule has 1 amide bonds. The molecule has 3 N–H and O–H groups in total. The van der Waals surface area contributed by atoms with E-state index in [1.54, 1.807) is 0 Å². The Morgan fingerprint density at radius 1 is 1.10 bits per heavy atom. The third kappa shape index (κ3) is 2.10. The minimum Gasteiger partial charge on any atom is -0.368 e. The zero-order valence-electron chi connectivity index (χ0n) is 11.3. The SMILES string of the molecule is NC(=O)C1(CCc2ccccc2)NCc2ccccc21. The quantitative estimate of drug-likeness (QED) is 0.890. The van der Waals surface area contributed by atoms with Crippen molar-refractivity contribution in [1.29, 1.82) is 0 Å². The highest BCUT2D eigenvalue weighted by Gasteiger charge is 2.42. The molecule has 102 valence electrons. The van der Waals surface area contributed by atoms with Crippen molar-refractivity contribution in [3.8, 4) is 0 Å². The van der Waals surface area contributed by atoms with Crippen LogP contribution in [-0.2, 0) is 23.3 Å². The normalized spacial score (nSPS) is 20.6. The molecule has 0 saturated carbocycles. The minimum absolute atomic E-state index is 0.293. The molecular formula is C17H18N2O. The molecule has 3 nitrogen and oxygen atoms in total. The Bertz CT molecular complexity index is 624. The van der Waals surface area contributed by atoms with Crippen LogP contribution < -0.4 is 11.1 Å². The molecule has 0 radical (unpaired) electrons. The third-order valence-corrected chi connectivity index (χ3v) is 4.11. The second-order valence-electron chi connectivity index (χ2n) is 5.27. The van der Waals surface area contributed by atoms with Crippen LogP contribution in [0.2, 0.25) is 0 Å². The zero-order valence-corrected chi connectivity index (χ0v) is 11.3. The fourth-order valence-corrected chi connectivity index (χ4v) is 2.97. The number of amides is 1. The maximum atomic E-state index is 12.1. The molecule has 0 fully saturated rings. The summed E-state index contributed by atoms with van der Waals surface area (Å²) in [6, 6.07) is 18.2. The first-order valence-electron chi connectivity index (χ1n) is 6.90.